The van der Waals surface area contributed by atoms with Crippen LogP contribution in [0, 0.1) is 17.3 Å². The maximum Gasteiger partial charge on any atom is 0.227 e. The predicted molar refractivity (Wildman–Crippen MR) is 143 cm³/mol. The van der Waals surface area contributed by atoms with Crippen molar-refractivity contribution in [2.24, 2.45) is 23.0 Å². The summed E-state index contributed by atoms with van der Waals surface area (Å²) in [5.74, 6) is -0.747. The van der Waals surface area contributed by atoms with Crippen LogP contribution >= 0.6 is 0 Å². The predicted octanol–water partition coefficient (Wildman–Crippen LogP) is 2.72. The molecule has 4 atom stereocenters. The molecule has 1 heterocycles. The molecule has 0 radical (unpaired) electrons. The summed E-state index contributed by atoms with van der Waals surface area (Å²) in [6, 6.07) is 7.18. The van der Waals surface area contributed by atoms with E-state index in [1.165, 1.54) is 0 Å². The Hall–Kier alpha value is -2.45. The van der Waals surface area contributed by atoms with E-state index in [9.17, 15) is 19.5 Å². The van der Waals surface area contributed by atoms with Crippen molar-refractivity contribution in [3.8, 4) is 0 Å². The number of benzene rings is 1. The molecule has 1 aliphatic rings. The molecule has 8 nitrogen and oxygen atoms in total. The van der Waals surface area contributed by atoms with Gasteiger partial charge in [-0.1, -0.05) is 52.3 Å². The molecule has 0 fully saturated rings. The number of rotatable bonds is 12. The van der Waals surface area contributed by atoms with Gasteiger partial charge in [-0.3, -0.25) is 14.4 Å². The second kappa shape index (κ2) is 13.2. The molecule has 0 bridgehead atoms. The number of nitrogens with two attached hydrogens (primary N) is 1. The Kier molecular flexibility index (Phi) is 10.9. The molecule has 36 heavy (non-hydrogen) atoms. The molecule has 0 unspecified atom stereocenters. The van der Waals surface area contributed by atoms with Gasteiger partial charge in [0.05, 0.1) is 12.0 Å². The first-order chi connectivity index (χ1) is 16.9. The quantitative estimate of drug-likeness (QED) is 0.380. The van der Waals surface area contributed by atoms with Crippen LogP contribution in [0.4, 0.5) is 5.69 Å². The zero-order chi connectivity index (χ0) is 27.0. The van der Waals surface area contributed by atoms with Gasteiger partial charge in [-0.2, -0.15) is 0 Å². The maximum absolute atomic E-state index is 13.5. The number of amides is 3. The fraction of sp³-hybridized carbons (Fsp3) is 0.679. The molecule has 2 rings (SSSR count). The molecule has 8 heteroatoms. The number of aliphatic hydroxyl groups is 1. The second-order valence-corrected chi connectivity index (χ2v) is 11.3. The molecule has 1 aromatic carbocycles. The number of carbonyl (C=O) groups excluding carboxylic acids is 3. The lowest BCUT2D eigenvalue weighted by Gasteiger charge is -2.37. The highest BCUT2D eigenvalue weighted by molar-refractivity contribution is 5.96. The third kappa shape index (κ3) is 8.30. The summed E-state index contributed by atoms with van der Waals surface area (Å²) < 4.78 is 0. The van der Waals surface area contributed by atoms with Gasteiger partial charge in [0.2, 0.25) is 17.7 Å². The lowest BCUT2D eigenvalue weighted by molar-refractivity contribution is -0.133. The van der Waals surface area contributed by atoms with Crippen molar-refractivity contribution in [3.05, 3.63) is 29.8 Å². The summed E-state index contributed by atoms with van der Waals surface area (Å²) in [5.41, 5.74) is 7.72. The van der Waals surface area contributed by atoms with Gasteiger partial charge in [-0.15, -0.1) is 0 Å². The smallest absolute Gasteiger partial charge is 0.227 e. The van der Waals surface area contributed by atoms with Crippen molar-refractivity contribution in [2.45, 2.75) is 78.4 Å². The number of nitrogens with zero attached hydrogens (tertiary/aromatic N) is 2. The number of para-hydroxylation sites is 1. The monoisotopic (exact) mass is 502 g/mol. The van der Waals surface area contributed by atoms with Gasteiger partial charge in [0.25, 0.3) is 0 Å². The summed E-state index contributed by atoms with van der Waals surface area (Å²) in [6.07, 6.45) is 2.64. The van der Waals surface area contributed by atoms with E-state index >= 15 is 0 Å². The highest BCUT2D eigenvalue weighted by Gasteiger charge is 2.36. The van der Waals surface area contributed by atoms with Gasteiger partial charge in [0.15, 0.2) is 0 Å². The number of hydrogen-bond donors (Lipinski definition) is 3. The van der Waals surface area contributed by atoms with Gasteiger partial charge >= 0.3 is 0 Å². The van der Waals surface area contributed by atoms with Gasteiger partial charge < -0.3 is 26.0 Å². The average Bonchev–Trinajstić information content (AvgIpc) is 2.81. The lowest BCUT2D eigenvalue weighted by atomic mass is 9.79. The second-order valence-electron chi connectivity index (χ2n) is 11.3. The summed E-state index contributed by atoms with van der Waals surface area (Å²) in [6.45, 7) is 8.79. The van der Waals surface area contributed by atoms with Crippen LogP contribution in [0.3, 0.4) is 0 Å². The standard InChI is InChI=1S/C28H46N4O4/c1-7-8-13-30-26(35)19(2)14-24(33)22(29)16-28(3,4)17-25(34)32-18-21(27(36)31(5)6)15-20-11-9-10-12-23(20)32/h9-12,19,21-22,24,33H,7-8,13-18,29H2,1-6H3,(H,30,35)/t19-,21-,22+,24+/m1/s1. The van der Waals surface area contributed by atoms with E-state index in [0.717, 1.165) is 24.1 Å². The van der Waals surface area contributed by atoms with Gasteiger partial charge in [-0.05, 0) is 42.7 Å². The summed E-state index contributed by atoms with van der Waals surface area (Å²) in [5, 5.41) is 13.6. The average molecular weight is 503 g/mol. The Bertz CT molecular complexity index is 901. The van der Waals surface area contributed by atoms with Crippen LogP contribution in [0.5, 0.6) is 0 Å². The van der Waals surface area contributed by atoms with E-state index in [2.05, 4.69) is 12.2 Å². The Morgan fingerprint density at radius 1 is 1.25 bits per heavy atom. The number of fused-ring (bicyclic) bond motifs is 1. The SMILES string of the molecule is CCCCNC(=O)[C@H](C)C[C@H](O)[C@@H](N)CC(C)(C)CC(=O)N1C[C@H](C(=O)N(C)C)Cc2ccccc21. The normalized spacial score (nSPS) is 18.1. The zero-order valence-electron chi connectivity index (χ0n) is 22.9. The van der Waals surface area contributed by atoms with E-state index in [0.29, 0.717) is 25.9 Å². The highest BCUT2D eigenvalue weighted by atomic mass is 16.3. The van der Waals surface area contributed by atoms with Crippen LogP contribution < -0.4 is 16.0 Å². The molecule has 1 aliphatic heterocycles. The summed E-state index contributed by atoms with van der Waals surface area (Å²) >= 11 is 0. The van der Waals surface area contributed by atoms with Crippen LogP contribution in [0.15, 0.2) is 24.3 Å². The van der Waals surface area contributed by atoms with E-state index in [4.69, 9.17) is 5.73 Å². The van der Waals surface area contributed by atoms with Crippen molar-refractivity contribution in [3.63, 3.8) is 0 Å². The Labute approximate surface area is 216 Å². The first-order valence-corrected chi connectivity index (χ1v) is 13.2. The number of anilines is 1. The number of aliphatic hydroxyl groups excluding tert-OH is 1. The van der Waals surface area contributed by atoms with E-state index in [-0.39, 0.29) is 42.4 Å². The van der Waals surface area contributed by atoms with Crippen LogP contribution in [0.25, 0.3) is 0 Å². The van der Waals surface area contributed by atoms with Gasteiger partial charge in [-0.25, -0.2) is 0 Å². The van der Waals surface area contributed by atoms with Gasteiger partial charge in [0.1, 0.15) is 0 Å². The molecule has 0 saturated heterocycles. The largest absolute Gasteiger partial charge is 0.391 e. The fourth-order valence-corrected chi connectivity index (χ4v) is 4.92. The van der Waals surface area contributed by atoms with Gasteiger partial charge in [0, 0.05) is 51.3 Å². The molecule has 4 N–H and O–H groups in total. The first kappa shape index (κ1) is 29.8. The Balaban J connectivity index is 2.02. The topological polar surface area (TPSA) is 116 Å². The third-order valence-electron chi connectivity index (χ3n) is 7.03. The maximum atomic E-state index is 13.5. The van der Waals surface area contributed by atoms with Crippen LogP contribution in [0.1, 0.15) is 65.4 Å². The lowest BCUT2D eigenvalue weighted by Crippen LogP contribution is -2.47. The Morgan fingerprint density at radius 3 is 2.56 bits per heavy atom. The number of carbonyl (C=O) groups is 3. The van der Waals surface area contributed by atoms with Crippen molar-refractivity contribution < 1.29 is 19.5 Å². The van der Waals surface area contributed by atoms with E-state index < -0.39 is 17.6 Å². The molecule has 1 aromatic rings. The molecular formula is C28H46N4O4. The highest BCUT2D eigenvalue weighted by Crippen LogP contribution is 2.34. The molecule has 0 aromatic heterocycles. The van der Waals surface area contributed by atoms with E-state index in [1.807, 2.05) is 38.1 Å². The minimum atomic E-state index is -0.843. The molecule has 202 valence electrons. The summed E-state index contributed by atoms with van der Waals surface area (Å²) in [7, 11) is 3.47. The van der Waals surface area contributed by atoms with Crippen molar-refractivity contribution in [1.29, 1.82) is 0 Å². The minimum Gasteiger partial charge on any atom is -0.391 e. The van der Waals surface area contributed by atoms with Crippen molar-refractivity contribution in [2.75, 3.05) is 32.1 Å². The zero-order valence-corrected chi connectivity index (χ0v) is 22.9. The number of nitrogens with one attached hydrogen (secondary N) is 1. The third-order valence-corrected chi connectivity index (χ3v) is 7.03. The van der Waals surface area contributed by atoms with Crippen LogP contribution in [-0.4, -0.2) is 67.1 Å². The fourth-order valence-electron chi connectivity index (χ4n) is 4.92. The molecular weight excluding hydrogens is 456 g/mol. The Morgan fingerprint density at radius 2 is 1.92 bits per heavy atom. The molecule has 3 amide bonds. The summed E-state index contributed by atoms with van der Waals surface area (Å²) in [4.78, 5) is 41.8. The number of unbranched alkanes of at least 4 members (excludes halogenated alkanes) is 1. The van der Waals surface area contributed by atoms with Crippen molar-refractivity contribution >= 4 is 23.4 Å². The molecule has 0 spiro atoms. The minimum absolute atomic E-state index is 0.0135. The number of hydrogen-bond acceptors (Lipinski definition) is 5. The van der Waals surface area contributed by atoms with Crippen LogP contribution in [0.2, 0.25) is 0 Å². The molecule has 0 saturated carbocycles. The first-order valence-electron chi connectivity index (χ1n) is 13.2. The van der Waals surface area contributed by atoms with E-state index in [1.54, 1.807) is 30.8 Å². The molecule has 0 aliphatic carbocycles. The van der Waals surface area contributed by atoms with Crippen molar-refractivity contribution in [1.82, 2.24) is 10.2 Å². The van der Waals surface area contributed by atoms with Crippen LogP contribution in [-0.2, 0) is 20.8 Å².